The molecule has 1 heterocycles. The lowest BCUT2D eigenvalue weighted by Crippen LogP contribution is -2.14. The molecule has 0 radical (unpaired) electrons. The summed E-state index contributed by atoms with van der Waals surface area (Å²) in [4.78, 5) is 23.6. The number of nitrogens with one attached hydrogen (secondary N) is 1. The number of amides is 1. The summed E-state index contributed by atoms with van der Waals surface area (Å²) in [5, 5.41) is 11.8. The molecule has 126 valence electrons. The molecular formula is C17H20N4O2S. The van der Waals surface area contributed by atoms with Crippen LogP contribution >= 0.6 is 11.8 Å². The van der Waals surface area contributed by atoms with Crippen LogP contribution in [0, 0.1) is 0 Å². The molecule has 0 atom stereocenters. The van der Waals surface area contributed by atoms with Gasteiger partial charge in [0.15, 0.2) is 10.9 Å². The van der Waals surface area contributed by atoms with Crippen molar-refractivity contribution in [1.29, 1.82) is 0 Å². The summed E-state index contributed by atoms with van der Waals surface area (Å²) in [7, 11) is 0. The minimum Gasteiger partial charge on any atom is -0.325 e. The van der Waals surface area contributed by atoms with E-state index in [0.717, 1.165) is 17.3 Å². The minimum atomic E-state index is -0.0760. The Bertz CT molecular complexity index is 740. The molecule has 1 aliphatic carbocycles. The molecule has 1 aliphatic rings. The molecule has 0 bridgehead atoms. The Kier molecular flexibility index (Phi) is 5.30. The number of rotatable bonds is 8. The summed E-state index contributed by atoms with van der Waals surface area (Å²) < 4.78 is 2.12. The molecule has 0 saturated heterocycles. The van der Waals surface area contributed by atoms with E-state index < -0.39 is 0 Å². The normalized spacial score (nSPS) is 13.7. The number of nitrogens with zero attached hydrogens (tertiary/aromatic N) is 3. The van der Waals surface area contributed by atoms with Gasteiger partial charge < -0.3 is 9.88 Å². The number of carbonyl (C=O) groups is 2. The van der Waals surface area contributed by atoms with Gasteiger partial charge in [-0.25, -0.2) is 0 Å². The van der Waals surface area contributed by atoms with E-state index in [2.05, 4.69) is 20.1 Å². The van der Waals surface area contributed by atoms with E-state index in [-0.39, 0.29) is 11.7 Å². The molecule has 2 aromatic rings. The maximum atomic E-state index is 12.1. The number of para-hydroxylation sites is 1. The van der Waals surface area contributed by atoms with E-state index in [1.54, 1.807) is 36.3 Å². The Morgan fingerprint density at radius 1 is 1.33 bits per heavy atom. The highest BCUT2D eigenvalue weighted by Gasteiger charge is 2.26. The molecule has 7 heteroatoms. The molecule has 0 spiro atoms. The van der Waals surface area contributed by atoms with Gasteiger partial charge in [0.2, 0.25) is 5.91 Å². The summed E-state index contributed by atoms with van der Waals surface area (Å²) in [6.07, 6.45) is 5.34. The lowest BCUT2D eigenvalue weighted by molar-refractivity contribution is -0.116. The molecule has 3 rings (SSSR count). The topological polar surface area (TPSA) is 76.9 Å². The fourth-order valence-electron chi connectivity index (χ4n) is 2.45. The Labute approximate surface area is 145 Å². The van der Waals surface area contributed by atoms with Crippen molar-refractivity contribution < 1.29 is 9.59 Å². The first-order valence-electron chi connectivity index (χ1n) is 8.07. The summed E-state index contributed by atoms with van der Waals surface area (Å²) >= 11 is 1.63. The lowest BCUT2D eigenvalue weighted by atomic mass is 10.1. The maximum Gasteiger partial charge on any atom is 0.224 e. The average molecular weight is 344 g/mol. The van der Waals surface area contributed by atoms with Crippen molar-refractivity contribution in [1.82, 2.24) is 14.8 Å². The van der Waals surface area contributed by atoms with E-state index >= 15 is 0 Å². The highest BCUT2D eigenvalue weighted by atomic mass is 32.2. The van der Waals surface area contributed by atoms with Crippen LogP contribution in [0.3, 0.4) is 0 Å². The quantitative estimate of drug-likeness (QED) is 0.451. The second kappa shape index (κ2) is 7.61. The number of benzene rings is 1. The van der Waals surface area contributed by atoms with Crippen LogP contribution in [0.25, 0.3) is 0 Å². The third-order valence-corrected chi connectivity index (χ3v) is 4.88. The first kappa shape index (κ1) is 16.7. The fraction of sp³-hybridized carbons (Fsp3) is 0.412. The third kappa shape index (κ3) is 4.23. The zero-order chi connectivity index (χ0) is 16.9. The van der Waals surface area contributed by atoms with E-state index in [0.29, 0.717) is 23.7 Å². The van der Waals surface area contributed by atoms with Crippen molar-refractivity contribution in [2.45, 2.75) is 43.8 Å². The second-order valence-electron chi connectivity index (χ2n) is 5.85. The van der Waals surface area contributed by atoms with Crippen LogP contribution < -0.4 is 5.32 Å². The van der Waals surface area contributed by atoms with Gasteiger partial charge in [0.05, 0.1) is 5.69 Å². The van der Waals surface area contributed by atoms with Crippen molar-refractivity contribution in [3.63, 3.8) is 0 Å². The minimum absolute atomic E-state index is 0.0548. The van der Waals surface area contributed by atoms with Crippen molar-refractivity contribution in [3.8, 4) is 0 Å². The number of hydrogen-bond acceptors (Lipinski definition) is 5. The highest BCUT2D eigenvalue weighted by molar-refractivity contribution is 7.99. The van der Waals surface area contributed by atoms with Gasteiger partial charge in [0.25, 0.3) is 0 Å². The van der Waals surface area contributed by atoms with Crippen LogP contribution in [0.4, 0.5) is 5.69 Å². The van der Waals surface area contributed by atoms with Gasteiger partial charge >= 0.3 is 0 Å². The Hall–Kier alpha value is -2.15. The van der Waals surface area contributed by atoms with Gasteiger partial charge in [0.1, 0.15) is 6.33 Å². The van der Waals surface area contributed by atoms with E-state index in [1.165, 1.54) is 19.8 Å². The predicted molar refractivity (Wildman–Crippen MR) is 93.3 cm³/mol. The van der Waals surface area contributed by atoms with E-state index in [4.69, 9.17) is 0 Å². The summed E-state index contributed by atoms with van der Waals surface area (Å²) in [6, 6.07) is 7.63. The number of aromatic nitrogens is 3. The summed E-state index contributed by atoms with van der Waals surface area (Å²) in [5.41, 5.74) is 1.12. The molecule has 1 aromatic carbocycles. The molecule has 24 heavy (non-hydrogen) atoms. The van der Waals surface area contributed by atoms with Crippen LogP contribution in [-0.4, -0.2) is 32.2 Å². The highest BCUT2D eigenvalue weighted by Crippen LogP contribution is 2.37. The zero-order valence-corrected chi connectivity index (χ0v) is 14.4. The smallest absolute Gasteiger partial charge is 0.224 e. The average Bonchev–Trinajstić information content (AvgIpc) is 3.30. The monoisotopic (exact) mass is 344 g/mol. The largest absolute Gasteiger partial charge is 0.325 e. The Morgan fingerprint density at radius 3 is 2.88 bits per heavy atom. The Balaban J connectivity index is 1.44. The molecule has 1 amide bonds. The first-order chi connectivity index (χ1) is 11.6. The zero-order valence-electron chi connectivity index (χ0n) is 13.6. The third-order valence-electron chi connectivity index (χ3n) is 3.84. The summed E-state index contributed by atoms with van der Waals surface area (Å²) in [6.45, 7) is 1.50. The first-order valence-corrected chi connectivity index (χ1v) is 9.06. The second-order valence-corrected chi connectivity index (χ2v) is 6.92. The number of Topliss-reactive ketones (excluding diaryl/α,β-unsaturated/α-hetero) is 1. The van der Waals surface area contributed by atoms with Crippen molar-refractivity contribution in [3.05, 3.63) is 36.2 Å². The summed E-state index contributed by atoms with van der Waals surface area (Å²) in [5.74, 6) is 0.682. The number of hydrogen-bond donors (Lipinski definition) is 1. The van der Waals surface area contributed by atoms with Gasteiger partial charge in [-0.1, -0.05) is 23.9 Å². The lowest BCUT2D eigenvalue weighted by Gasteiger charge is -2.09. The van der Waals surface area contributed by atoms with Crippen LogP contribution in [0.2, 0.25) is 0 Å². The Morgan fingerprint density at radius 2 is 2.12 bits per heavy atom. The predicted octanol–water partition coefficient (Wildman–Crippen LogP) is 3.33. The molecule has 0 unspecified atom stereocenters. The van der Waals surface area contributed by atoms with Crippen LogP contribution in [0.1, 0.15) is 49.0 Å². The SMILES string of the molecule is CC(=O)c1ccccc1NC(=O)CCCSc1nncn1C1CC1. The number of thioether (sulfide) groups is 1. The maximum absolute atomic E-state index is 12.1. The standard InChI is InChI=1S/C17H20N4O2S/c1-12(22)14-5-2-3-6-15(14)19-16(23)7-4-10-24-17-20-18-11-21(17)13-8-9-13/h2-3,5-6,11,13H,4,7-10H2,1H3,(H,19,23). The molecule has 1 saturated carbocycles. The van der Waals surface area contributed by atoms with Crippen molar-refractivity contribution in [2.24, 2.45) is 0 Å². The van der Waals surface area contributed by atoms with Gasteiger partial charge in [0, 0.05) is 23.8 Å². The molecule has 0 aliphatic heterocycles. The molecule has 1 fully saturated rings. The molecule has 1 N–H and O–H groups in total. The number of ketones is 1. The van der Waals surface area contributed by atoms with Gasteiger partial charge in [-0.2, -0.15) is 0 Å². The van der Waals surface area contributed by atoms with E-state index in [1.807, 2.05) is 6.07 Å². The van der Waals surface area contributed by atoms with Gasteiger partial charge in [-0.3, -0.25) is 9.59 Å². The number of anilines is 1. The van der Waals surface area contributed by atoms with Gasteiger partial charge in [-0.05, 0) is 38.3 Å². The molecule has 1 aromatic heterocycles. The van der Waals surface area contributed by atoms with Crippen molar-refractivity contribution >= 4 is 29.1 Å². The van der Waals surface area contributed by atoms with Crippen molar-refractivity contribution in [2.75, 3.05) is 11.1 Å². The molecular weight excluding hydrogens is 324 g/mol. The number of carbonyl (C=O) groups excluding carboxylic acids is 2. The molecule has 6 nitrogen and oxygen atoms in total. The van der Waals surface area contributed by atoms with Gasteiger partial charge in [-0.15, -0.1) is 10.2 Å². The van der Waals surface area contributed by atoms with Crippen LogP contribution in [0.5, 0.6) is 0 Å². The fourth-order valence-corrected chi connectivity index (χ4v) is 3.37. The van der Waals surface area contributed by atoms with Crippen LogP contribution in [0.15, 0.2) is 35.7 Å². The van der Waals surface area contributed by atoms with E-state index in [9.17, 15) is 9.59 Å². The van der Waals surface area contributed by atoms with Crippen LogP contribution in [-0.2, 0) is 4.79 Å².